The van der Waals surface area contributed by atoms with Gasteiger partial charge in [-0.3, -0.25) is 9.36 Å². The van der Waals surface area contributed by atoms with Gasteiger partial charge in [-0.05, 0) is 29.0 Å². The average molecular weight is 378 g/mol. The molecule has 3 N–H and O–H groups in total. The molecule has 1 unspecified atom stereocenters. The number of H-pyrrole nitrogens is 1. The number of halogens is 1. The van der Waals surface area contributed by atoms with Crippen molar-refractivity contribution >= 4 is 33.8 Å². The van der Waals surface area contributed by atoms with Crippen molar-refractivity contribution in [1.82, 2.24) is 19.5 Å². The number of aliphatic hydroxyl groups excluding tert-OH is 1. The van der Waals surface area contributed by atoms with Crippen molar-refractivity contribution in [2.45, 2.75) is 22.4 Å². The number of rotatable bonds is 2. The molecule has 0 amide bonds. The van der Waals surface area contributed by atoms with Crippen LogP contribution in [0.1, 0.15) is 6.42 Å². The minimum atomic E-state index is -1.55. The molecule has 8 nitrogen and oxygen atoms in total. The predicted molar refractivity (Wildman–Crippen MR) is 72.7 cm³/mol. The first-order valence-electron chi connectivity index (χ1n) is 5.64. The highest BCUT2D eigenvalue weighted by atomic mass is 127. The lowest BCUT2D eigenvalue weighted by Crippen LogP contribution is -2.44. The molecule has 0 aliphatic carbocycles. The number of aromatic nitrogens is 4. The summed E-state index contributed by atoms with van der Waals surface area (Å²) in [5.41, 5.74) is -0.0164. The van der Waals surface area contributed by atoms with Gasteiger partial charge in [-0.1, -0.05) is 0 Å². The van der Waals surface area contributed by atoms with E-state index in [1.165, 1.54) is 17.2 Å². The highest BCUT2D eigenvalue weighted by molar-refractivity contribution is 14.1. The van der Waals surface area contributed by atoms with Crippen LogP contribution in [0.25, 0.3) is 11.2 Å². The fourth-order valence-electron chi connectivity index (χ4n) is 2.16. The summed E-state index contributed by atoms with van der Waals surface area (Å²) in [4.78, 5) is 21.8. The first-order valence-corrected chi connectivity index (χ1v) is 6.72. The maximum Gasteiger partial charge on any atom is 0.300 e. The second-order valence-corrected chi connectivity index (χ2v) is 5.89. The van der Waals surface area contributed by atoms with Gasteiger partial charge in [0.1, 0.15) is 18.1 Å². The summed E-state index contributed by atoms with van der Waals surface area (Å²) >= 11 is 1.77. The molecular weight excluding hydrogens is 367 g/mol. The van der Waals surface area contributed by atoms with E-state index in [2.05, 4.69) is 15.0 Å². The number of nitrogens with one attached hydrogen (secondary N) is 1. The van der Waals surface area contributed by atoms with Crippen molar-refractivity contribution in [2.75, 3.05) is 6.61 Å². The lowest BCUT2D eigenvalue weighted by Gasteiger charge is -2.30. The Morgan fingerprint density at radius 1 is 1.58 bits per heavy atom. The number of ether oxygens (including phenoxy) is 1. The van der Waals surface area contributed by atoms with E-state index in [1.807, 2.05) is 0 Å². The SMILES string of the molecule is O=c1nc[nH]c2c1ncn2C(O)(I)[C@H]1OCC[C@@H]1O. The number of nitrogens with zero attached hydrogens (tertiary/aromatic N) is 3. The number of imidazole rings is 1. The molecule has 1 saturated heterocycles. The van der Waals surface area contributed by atoms with Crippen LogP contribution in [0.3, 0.4) is 0 Å². The van der Waals surface area contributed by atoms with Gasteiger partial charge in [-0.15, -0.1) is 0 Å². The Labute approximate surface area is 120 Å². The summed E-state index contributed by atoms with van der Waals surface area (Å²) in [5, 5.41) is 20.5. The van der Waals surface area contributed by atoms with E-state index in [0.717, 1.165) is 0 Å². The second-order valence-electron chi connectivity index (χ2n) is 4.30. The maximum atomic E-state index is 11.5. The summed E-state index contributed by atoms with van der Waals surface area (Å²) in [6.45, 7) is 0.377. The molecular formula is C10H11IN4O4. The van der Waals surface area contributed by atoms with Crippen LogP contribution in [0.15, 0.2) is 17.4 Å². The molecule has 102 valence electrons. The molecule has 1 aliphatic rings. The number of hydrogen-bond donors (Lipinski definition) is 3. The third-order valence-electron chi connectivity index (χ3n) is 3.11. The monoisotopic (exact) mass is 378 g/mol. The highest BCUT2D eigenvalue weighted by Crippen LogP contribution is 2.35. The number of aromatic amines is 1. The first-order chi connectivity index (χ1) is 9.01. The van der Waals surface area contributed by atoms with Gasteiger partial charge in [0.25, 0.3) is 0 Å². The maximum absolute atomic E-state index is 11.5. The van der Waals surface area contributed by atoms with Crippen LogP contribution in [0.4, 0.5) is 0 Å². The van der Waals surface area contributed by atoms with Crippen LogP contribution in [0.2, 0.25) is 0 Å². The fourth-order valence-corrected chi connectivity index (χ4v) is 3.12. The number of fused-ring (bicyclic) bond motifs is 1. The molecule has 0 radical (unpaired) electrons. The molecule has 3 atom stereocenters. The molecule has 2 aromatic rings. The average Bonchev–Trinajstić information content (AvgIpc) is 2.96. The highest BCUT2D eigenvalue weighted by Gasteiger charge is 2.45. The minimum absolute atomic E-state index is 0.130. The van der Waals surface area contributed by atoms with Crippen LogP contribution in [-0.4, -0.2) is 48.5 Å². The Morgan fingerprint density at radius 3 is 3.05 bits per heavy atom. The second kappa shape index (κ2) is 4.51. The third-order valence-corrected chi connectivity index (χ3v) is 4.25. The standard InChI is InChI=1S/C10H11IN4O4/c11-10(18,7-5(16)1-2-19-7)15-4-14-6-8(15)12-3-13-9(6)17/h3-5,7,16,18H,1-2H2,(H,12,13,17)/t5-,7-,10?/m0/s1. The smallest absolute Gasteiger partial charge is 0.300 e. The van der Waals surface area contributed by atoms with Crippen molar-refractivity contribution in [2.24, 2.45) is 0 Å². The number of alkyl halides is 1. The zero-order chi connectivity index (χ0) is 13.6. The minimum Gasteiger partial charge on any atom is -0.390 e. The number of hydrogen-bond acceptors (Lipinski definition) is 6. The molecule has 2 aromatic heterocycles. The molecule has 3 rings (SSSR count). The molecule has 0 bridgehead atoms. The molecule has 0 saturated carbocycles. The largest absolute Gasteiger partial charge is 0.390 e. The Bertz CT molecular complexity index is 667. The van der Waals surface area contributed by atoms with E-state index in [0.29, 0.717) is 18.7 Å². The Balaban J connectivity index is 2.13. The quantitative estimate of drug-likeness (QED) is 0.471. The van der Waals surface area contributed by atoms with Gasteiger partial charge in [0, 0.05) is 6.61 Å². The van der Waals surface area contributed by atoms with E-state index in [1.54, 1.807) is 22.6 Å². The van der Waals surface area contributed by atoms with Gasteiger partial charge in [0.15, 0.2) is 5.52 Å². The molecule has 19 heavy (non-hydrogen) atoms. The van der Waals surface area contributed by atoms with E-state index >= 15 is 0 Å². The molecule has 3 heterocycles. The van der Waals surface area contributed by atoms with E-state index < -0.39 is 21.5 Å². The van der Waals surface area contributed by atoms with Crippen LogP contribution in [0.5, 0.6) is 0 Å². The van der Waals surface area contributed by atoms with Gasteiger partial charge < -0.3 is 19.9 Å². The Morgan fingerprint density at radius 2 is 2.37 bits per heavy atom. The van der Waals surface area contributed by atoms with Crippen molar-refractivity contribution in [3.8, 4) is 0 Å². The van der Waals surface area contributed by atoms with Crippen molar-refractivity contribution in [3.63, 3.8) is 0 Å². The summed E-state index contributed by atoms with van der Waals surface area (Å²) in [5.74, 6) is 0. The molecule has 9 heteroatoms. The van der Waals surface area contributed by atoms with Crippen molar-refractivity contribution < 1.29 is 14.9 Å². The van der Waals surface area contributed by atoms with Crippen LogP contribution < -0.4 is 5.56 Å². The predicted octanol–water partition coefficient (Wildman–Crippen LogP) is -0.693. The summed E-state index contributed by atoms with van der Waals surface area (Å²) in [6, 6.07) is 0. The number of aliphatic hydroxyl groups is 2. The van der Waals surface area contributed by atoms with E-state index in [4.69, 9.17) is 4.74 Å². The van der Waals surface area contributed by atoms with Gasteiger partial charge in [0.2, 0.25) is 3.73 Å². The molecule has 0 spiro atoms. The normalized spacial score (nSPS) is 26.7. The summed E-state index contributed by atoms with van der Waals surface area (Å²) < 4.78 is 5.19. The zero-order valence-electron chi connectivity index (χ0n) is 9.65. The summed E-state index contributed by atoms with van der Waals surface area (Å²) in [7, 11) is 0. The van der Waals surface area contributed by atoms with Crippen LogP contribution in [-0.2, 0) is 8.47 Å². The van der Waals surface area contributed by atoms with Crippen LogP contribution in [0, 0.1) is 0 Å². The van der Waals surface area contributed by atoms with E-state index in [9.17, 15) is 15.0 Å². The topological polar surface area (TPSA) is 113 Å². The molecule has 1 aliphatic heterocycles. The van der Waals surface area contributed by atoms with Gasteiger partial charge in [-0.2, -0.15) is 4.98 Å². The fraction of sp³-hybridized carbons (Fsp3) is 0.500. The van der Waals surface area contributed by atoms with Crippen molar-refractivity contribution in [3.05, 3.63) is 23.0 Å². The van der Waals surface area contributed by atoms with Gasteiger partial charge in [0.05, 0.1) is 12.4 Å². The van der Waals surface area contributed by atoms with Gasteiger partial charge >= 0.3 is 5.56 Å². The molecule has 1 fully saturated rings. The van der Waals surface area contributed by atoms with Crippen LogP contribution >= 0.6 is 22.6 Å². The van der Waals surface area contributed by atoms with E-state index in [-0.39, 0.29) is 5.52 Å². The van der Waals surface area contributed by atoms with Gasteiger partial charge in [-0.25, -0.2) is 4.98 Å². The lowest BCUT2D eigenvalue weighted by atomic mass is 10.1. The Kier molecular flexibility index (Phi) is 3.08. The van der Waals surface area contributed by atoms with Crippen molar-refractivity contribution in [1.29, 1.82) is 0 Å². The molecule has 0 aromatic carbocycles. The first kappa shape index (κ1) is 13.0. The third kappa shape index (κ3) is 1.96. The zero-order valence-corrected chi connectivity index (χ0v) is 11.8. The lowest BCUT2D eigenvalue weighted by molar-refractivity contribution is -0.0906. The summed E-state index contributed by atoms with van der Waals surface area (Å²) in [6.07, 6.45) is 1.46. The Hall–Kier alpha value is -1.04.